The molecule has 0 bridgehead atoms. The predicted octanol–water partition coefficient (Wildman–Crippen LogP) is 4.63. The highest BCUT2D eigenvalue weighted by atomic mass is 19.1. The first-order valence-electron chi connectivity index (χ1n) is 15.6. The van der Waals surface area contributed by atoms with E-state index in [9.17, 15) is 9.90 Å². The van der Waals surface area contributed by atoms with Crippen molar-refractivity contribution >= 4 is 16.6 Å². The molecule has 7 rings (SSSR count). The summed E-state index contributed by atoms with van der Waals surface area (Å²) in [4.78, 5) is 27.8. The van der Waals surface area contributed by atoms with Gasteiger partial charge >= 0.3 is 0 Å². The van der Waals surface area contributed by atoms with Gasteiger partial charge in [0, 0.05) is 73.0 Å². The molecule has 1 saturated carbocycles. The normalized spacial score (nSPS) is 17.0. The van der Waals surface area contributed by atoms with Crippen LogP contribution >= 0.6 is 0 Å². The van der Waals surface area contributed by atoms with E-state index in [1.165, 1.54) is 16.9 Å². The number of anilines is 1. The molecule has 232 valence electrons. The Labute approximate surface area is 260 Å². The Bertz CT molecular complexity index is 1900. The first kappa shape index (κ1) is 29.2. The molecule has 4 aromatic heterocycles. The molecule has 0 spiro atoms. The maximum Gasteiger partial charge on any atom is 0.193 e. The SMILES string of the molecule is Cc1ccc(N2CCC[C@H](N(Cc3ccnc(C)c3)Cc3cn(C4CC4)c4cc(-n5cc(CO)nn5)c(F)cc4c3=O)C2)cn1. The van der Waals surface area contributed by atoms with Crippen LogP contribution in [0.25, 0.3) is 16.6 Å². The van der Waals surface area contributed by atoms with E-state index >= 15 is 4.39 Å². The van der Waals surface area contributed by atoms with E-state index < -0.39 is 5.82 Å². The number of aliphatic hydroxyl groups excluding tert-OH is 1. The van der Waals surface area contributed by atoms with Gasteiger partial charge in [-0.15, -0.1) is 5.10 Å². The molecule has 45 heavy (non-hydrogen) atoms. The van der Waals surface area contributed by atoms with Gasteiger partial charge in [-0.3, -0.25) is 19.7 Å². The van der Waals surface area contributed by atoms with Crippen molar-refractivity contribution in [1.29, 1.82) is 0 Å². The second-order valence-corrected chi connectivity index (χ2v) is 12.4. The van der Waals surface area contributed by atoms with Gasteiger partial charge in [-0.1, -0.05) is 5.21 Å². The zero-order valence-electron chi connectivity index (χ0n) is 25.6. The van der Waals surface area contributed by atoms with Crippen molar-refractivity contribution in [2.24, 2.45) is 0 Å². The molecule has 5 heterocycles. The molecule has 0 amide bonds. The number of benzene rings is 1. The smallest absolute Gasteiger partial charge is 0.193 e. The van der Waals surface area contributed by atoms with Gasteiger partial charge in [0.1, 0.15) is 17.2 Å². The number of pyridine rings is 3. The molecule has 11 heteroatoms. The fourth-order valence-corrected chi connectivity index (χ4v) is 6.45. The number of aryl methyl sites for hydroxylation is 2. The van der Waals surface area contributed by atoms with Crippen LogP contribution < -0.4 is 10.3 Å². The van der Waals surface area contributed by atoms with Gasteiger partial charge < -0.3 is 14.6 Å². The van der Waals surface area contributed by atoms with Crippen LogP contribution in [0.1, 0.15) is 59.9 Å². The number of fused-ring (bicyclic) bond motifs is 1. The molecule has 1 aliphatic heterocycles. The standard InChI is InChI=1S/C34H37FN8O2/c1-22-5-6-28(15-37-22)40-11-3-4-29(20-40)41(16-24-9-10-36-23(2)12-24)17-25-18-42(27-7-8-27)32-14-33(31(35)13-30(32)34(25)45)43-19-26(21-44)38-39-43/h5-6,9-10,12-15,18-19,27,29,44H,3-4,7-8,11,16-17,20-21H2,1-2H3/t29-/m0/s1. The Balaban J connectivity index is 1.26. The van der Waals surface area contributed by atoms with E-state index in [2.05, 4.69) is 46.8 Å². The molecule has 0 unspecified atom stereocenters. The predicted molar refractivity (Wildman–Crippen MR) is 170 cm³/mol. The lowest BCUT2D eigenvalue weighted by atomic mass is 10.0. The monoisotopic (exact) mass is 608 g/mol. The third kappa shape index (κ3) is 6.10. The second-order valence-electron chi connectivity index (χ2n) is 12.4. The van der Waals surface area contributed by atoms with E-state index in [4.69, 9.17) is 0 Å². The van der Waals surface area contributed by atoms with Crippen LogP contribution in [0.2, 0.25) is 0 Å². The van der Waals surface area contributed by atoms with Crippen molar-refractivity contribution in [3.8, 4) is 5.69 Å². The number of aliphatic hydroxyl groups is 1. The molecule has 2 aliphatic rings. The quantitative estimate of drug-likeness (QED) is 0.258. The molecule has 1 atom stereocenters. The summed E-state index contributed by atoms with van der Waals surface area (Å²) in [6.07, 6.45) is 11.3. The lowest BCUT2D eigenvalue weighted by molar-refractivity contribution is 0.158. The van der Waals surface area contributed by atoms with Crippen molar-refractivity contribution in [1.82, 2.24) is 34.4 Å². The molecule has 1 saturated heterocycles. The van der Waals surface area contributed by atoms with E-state index in [-0.39, 0.29) is 29.8 Å². The van der Waals surface area contributed by atoms with Crippen LogP contribution in [0.4, 0.5) is 10.1 Å². The summed E-state index contributed by atoms with van der Waals surface area (Å²) in [5.41, 5.74) is 5.91. The summed E-state index contributed by atoms with van der Waals surface area (Å²) in [5, 5.41) is 17.7. The van der Waals surface area contributed by atoms with Crippen LogP contribution in [0.3, 0.4) is 0 Å². The highest BCUT2D eigenvalue weighted by Gasteiger charge is 2.30. The van der Waals surface area contributed by atoms with Crippen LogP contribution in [0.15, 0.2) is 66.0 Å². The maximum atomic E-state index is 15.6. The van der Waals surface area contributed by atoms with Gasteiger partial charge in [-0.05, 0) is 81.5 Å². The largest absolute Gasteiger partial charge is 0.390 e. The highest BCUT2D eigenvalue weighted by Crippen LogP contribution is 2.38. The summed E-state index contributed by atoms with van der Waals surface area (Å²) in [5.74, 6) is -0.563. The maximum absolute atomic E-state index is 15.6. The van der Waals surface area contributed by atoms with Crippen molar-refractivity contribution in [2.45, 2.75) is 71.3 Å². The first-order valence-corrected chi connectivity index (χ1v) is 15.6. The minimum atomic E-state index is -0.563. The van der Waals surface area contributed by atoms with Gasteiger partial charge in [-0.2, -0.15) is 0 Å². The molecule has 1 aromatic carbocycles. The zero-order chi connectivity index (χ0) is 31.1. The molecule has 1 aliphatic carbocycles. The minimum absolute atomic E-state index is 0.159. The molecule has 0 radical (unpaired) electrons. The van der Waals surface area contributed by atoms with Crippen LogP contribution in [0, 0.1) is 19.7 Å². The van der Waals surface area contributed by atoms with Gasteiger partial charge in [0.25, 0.3) is 0 Å². The van der Waals surface area contributed by atoms with Crippen molar-refractivity contribution in [3.05, 3.63) is 105 Å². The van der Waals surface area contributed by atoms with Crippen LogP contribution in [-0.2, 0) is 19.7 Å². The number of aromatic nitrogens is 6. The van der Waals surface area contributed by atoms with Crippen molar-refractivity contribution in [3.63, 3.8) is 0 Å². The van der Waals surface area contributed by atoms with Gasteiger partial charge in [0.2, 0.25) is 0 Å². The number of piperidine rings is 1. The summed E-state index contributed by atoms with van der Waals surface area (Å²) in [6, 6.07) is 11.8. The summed E-state index contributed by atoms with van der Waals surface area (Å²) < 4.78 is 19.0. The molecule has 1 N–H and O–H groups in total. The second kappa shape index (κ2) is 12.1. The van der Waals surface area contributed by atoms with Crippen molar-refractivity contribution < 1.29 is 9.50 Å². The molecule has 2 fully saturated rings. The van der Waals surface area contributed by atoms with E-state index in [1.807, 2.05) is 44.6 Å². The molecule has 10 nitrogen and oxygen atoms in total. The molecular weight excluding hydrogens is 571 g/mol. The average Bonchev–Trinajstić information content (AvgIpc) is 3.78. The van der Waals surface area contributed by atoms with Crippen LogP contribution in [0.5, 0.6) is 0 Å². The van der Waals surface area contributed by atoms with Gasteiger partial charge in [-0.25, -0.2) is 9.07 Å². The summed E-state index contributed by atoms with van der Waals surface area (Å²) >= 11 is 0. The number of nitrogens with zero attached hydrogens (tertiary/aromatic N) is 8. The Hall–Kier alpha value is -4.48. The number of hydrogen-bond donors (Lipinski definition) is 1. The third-order valence-electron chi connectivity index (χ3n) is 8.96. The Morgan fingerprint density at radius 2 is 1.89 bits per heavy atom. The lowest BCUT2D eigenvalue weighted by Crippen LogP contribution is -2.48. The highest BCUT2D eigenvalue weighted by molar-refractivity contribution is 5.82. The zero-order valence-corrected chi connectivity index (χ0v) is 25.6. The Kier molecular flexibility index (Phi) is 7.88. The van der Waals surface area contributed by atoms with Crippen LogP contribution in [-0.4, -0.2) is 58.7 Å². The summed E-state index contributed by atoms with van der Waals surface area (Å²) in [6.45, 7) is 6.59. The Morgan fingerprint density at radius 3 is 2.62 bits per heavy atom. The molecular formula is C34H37FN8O2. The fraction of sp³-hybridized carbons (Fsp3) is 0.382. The minimum Gasteiger partial charge on any atom is -0.390 e. The lowest BCUT2D eigenvalue weighted by Gasteiger charge is -2.40. The topological polar surface area (TPSA) is 105 Å². The van der Waals surface area contributed by atoms with Gasteiger partial charge in [0.05, 0.1) is 30.2 Å². The van der Waals surface area contributed by atoms with E-state index in [1.54, 1.807) is 6.07 Å². The fourth-order valence-electron chi connectivity index (χ4n) is 6.45. The first-order chi connectivity index (χ1) is 21.9. The molecule has 5 aromatic rings. The van der Waals surface area contributed by atoms with Crippen molar-refractivity contribution in [2.75, 3.05) is 18.0 Å². The van der Waals surface area contributed by atoms with E-state index in [0.717, 1.165) is 61.4 Å². The summed E-state index contributed by atoms with van der Waals surface area (Å²) in [7, 11) is 0. The average molecular weight is 609 g/mol. The van der Waals surface area contributed by atoms with Gasteiger partial charge in [0.15, 0.2) is 5.43 Å². The number of hydrogen-bond acceptors (Lipinski definition) is 8. The third-order valence-corrected chi connectivity index (χ3v) is 8.96. The van der Waals surface area contributed by atoms with E-state index in [0.29, 0.717) is 35.2 Å². The Morgan fingerprint density at radius 1 is 1.02 bits per heavy atom. The number of rotatable bonds is 9. The number of halogens is 1.